The summed E-state index contributed by atoms with van der Waals surface area (Å²) in [7, 11) is 0. The number of anilines is 3. The molecule has 0 N–H and O–H groups in total. The van der Waals surface area contributed by atoms with E-state index in [0.29, 0.717) is 0 Å². The first-order valence-corrected chi connectivity index (χ1v) is 24.7. The number of para-hydroxylation sites is 2. The number of nitrogens with zero attached hydrogens (tertiary/aromatic N) is 1. The highest BCUT2D eigenvalue weighted by atomic mass is 16.5. The third-order valence-electron chi connectivity index (χ3n) is 15.3. The molecular formula is C69H43NO2. The highest BCUT2D eigenvalue weighted by Gasteiger charge is 2.52. The van der Waals surface area contributed by atoms with Crippen LogP contribution in [-0.2, 0) is 5.41 Å². The smallest absolute Gasteiger partial charge is 0.140 e. The Labute approximate surface area is 417 Å². The average molecular weight is 918 g/mol. The fourth-order valence-electron chi connectivity index (χ4n) is 12.1. The summed E-state index contributed by atoms with van der Waals surface area (Å²) in [6.07, 6.45) is 0. The summed E-state index contributed by atoms with van der Waals surface area (Å²) < 4.78 is 13.4. The third kappa shape index (κ3) is 5.98. The lowest BCUT2D eigenvalue weighted by Gasteiger charge is -2.40. The van der Waals surface area contributed by atoms with Gasteiger partial charge in [-0.1, -0.05) is 206 Å². The lowest BCUT2D eigenvalue weighted by atomic mass is 9.65. The fourth-order valence-corrected chi connectivity index (χ4v) is 12.1. The first kappa shape index (κ1) is 40.4. The predicted molar refractivity (Wildman–Crippen MR) is 297 cm³/mol. The van der Waals surface area contributed by atoms with Crippen molar-refractivity contribution < 1.29 is 9.15 Å². The normalized spacial score (nSPS) is 12.9. The van der Waals surface area contributed by atoms with E-state index in [1.807, 2.05) is 12.1 Å². The van der Waals surface area contributed by atoms with Crippen molar-refractivity contribution in [2.45, 2.75) is 5.41 Å². The van der Waals surface area contributed by atoms with Crippen LogP contribution in [0.15, 0.2) is 265 Å². The molecule has 12 aromatic carbocycles. The summed E-state index contributed by atoms with van der Waals surface area (Å²) in [6.45, 7) is 0. The Kier molecular flexibility index (Phi) is 8.87. The molecule has 1 aliphatic heterocycles. The number of ether oxygens (including phenoxy) is 1. The Hall–Kier alpha value is -9.44. The molecule has 3 heteroatoms. The number of benzene rings is 12. The van der Waals surface area contributed by atoms with Gasteiger partial charge in [-0.3, -0.25) is 0 Å². The molecular weight excluding hydrogens is 875 g/mol. The lowest BCUT2D eigenvalue weighted by molar-refractivity contribution is 0.447. The predicted octanol–water partition coefficient (Wildman–Crippen LogP) is 18.8. The Morgan fingerprint density at radius 2 is 0.806 bits per heavy atom. The number of hydrogen-bond acceptors (Lipinski definition) is 3. The molecule has 1 aromatic heterocycles. The Morgan fingerprint density at radius 3 is 1.50 bits per heavy atom. The molecule has 72 heavy (non-hydrogen) atoms. The molecule has 1 aliphatic carbocycles. The minimum atomic E-state index is -0.624. The van der Waals surface area contributed by atoms with Crippen LogP contribution in [0.2, 0.25) is 0 Å². The highest BCUT2D eigenvalue weighted by molar-refractivity contribution is 6.06. The van der Waals surface area contributed by atoms with Crippen LogP contribution in [0, 0.1) is 0 Å². The van der Waals surface area contributed by atoms with Gasteiger partial charge in [0.15, 0.2) is 0 Å². The molecule has 13 aromatic rings. The topological polar surface area (TPSA) is 25.6 Å². The first-order valence-electron chi connectivity index (χ1n) is 24.7. The van der Waals surface area contributed by atoms with E-state index in [-0.39, 0.29) is 0 Å². The lowest BCUT2D eigenvalue weighted by Crippen LogP contribution is -2.32. The van der Waals surface area contributed by atoms with Crippen LogP contribution < -0.4 is 9.64 Å². The van der Waals surface area contributed by atoms with Crippen LogP contribution in [0.25, 0.3) is 88.0 Å². The van der Waals surface area contributed by atoms with Crippen LogP contribution in [-0.4, -0.2) is 0 Å². The fraction of sp³-hybridized carbons (Fsp3) is 0.0145. The minimum Gasteiger partial charge on any atom is -0.456 e. The SMILES string of the molecule is c1ccc(-c2ccccc2N(c2ccc(-c3ccc4c(c3)C3(c5ccccc5-4)c4ccc5ccccc5c4Oc4c3ccc3ccccc43)cc2)c2ccc(-c3ccc4oc5ccccc5c4c3)cc2)cc1. The summed E-state index contributed by atoms with van der Waals surface area (Å²) in [5, 5.41) is 6.80. The second-order valence-corrected chi connectivity index (χ2v) is 19.1. The molecule has 2 aliphatic rings. The Bertz CT molecular complexity index is 4220. The van der Waals surface area contributed by atoms with E-state index >= 15 is 0 Å². The van der Waals surface area contributed by atoms with Gasteiger partial charge in [-0.25, -0.2) is 0 Å². The zero-order chi connectivity index (χ0) is 47.3. The van der Waals surface area contributed by atoms with Crippen LogP contribution in [0.5, 0.6) is 11.5 Å². The second-order valence-electron chi connectivity index (χ2n) is 19.1. The number of fused-ring (bicyclic) bond motifs is 16. The molecule has 2 heterocycles. The molecule has 0 saturated heterocycles. The van der Waals surface area contributed by atoms with Crippen molar-refractivity contribution in [2.75, 3.05) is 4.90 Å². The Balaban J connectivity index is 0.876. The molecule has 0 atom stereocenters. The van der Waals surface area contributed by atoms with Gasteiger partial charge >= 0.3 is 0 Å². The number of rotatable bonds is 6. The molecule has 15 rings (SSSR count). The van der Waals surface area contributed by atoms with Gasteiger partial charge in [-0.05, 0) is 115 Å². The summed E-state index contributed by atoms with van der Waals surface area (Å²) in [5.41, 5.74) is 18.7. The number of hydrogen-bond donors (Lipinski definition) is 0. The van der Waals surface area contributed by atoms with Gasteiger partial charge < -0.3 is 14.1 Å². The quantitative estimate of drug-likeness (QED) is 0.166. The van der Waals surface area contributed by atoms with Crippen LogP contribution >= 0.6 is 0 Å². The number of furan rings is 1. The molecule has 0 saturated carbocycles. The van der Waals surface area contributed by atoms with Crippen LogP contribution in [0.3, 0.4) is 0 Å². The molecule has 3 nitrogen and oxygen atoms in total. The Morgan fingerprint density at radius 1 is 0.292 bits per heavy atom. The van der Waals surface area contributed by atoms with Crippen molar-refractivity contribution in [3.63, 3.8) is 0 Å². The summed E-state index contributed by atoms with van der Waals surface area (Å²) in [6, 6.07) is 94.8. The first-order chi connectivity index (χ1) is 35.7. The van der Waals surface area contributed by atoms with Crippen LogP contribution in [0.4, 0.5) is 17.1 Å². The maximum atomic E-state index is 7.23. The second kappa shape index (κ2) is 15.8. The van der Waals surface area contributed by atoms with E-state index in [0.717, 1.165) is 117 Å². The zero-order valence-corrected chi connectivity index (χ0v) is 39.1. The summed E-state index contributed by atoms with van der Waals surface area (Å²) in [4.78, 5) is 2.39. The monoisotopic (exact) mass is 917 g/mol. The van der Waals surface area contributed by atoms with E-state index in [4.69, 9.17) is 9.15 Å². The van der Waals surface area contributed by atoms with Crippen LogP contribution in [0.1, 0.15) is 22.3 Å². The molecule has 336 valence electrons. The summed E-state index contributed by atoms with van der Waals surface area (Å²) in [5.74, 6) is 1.84. The van der Waals surface area contributed by atoms with Crippen molar-refractivity contribution in [1.82, 2.24) is 0 Å². The van der Waals surface area contributed by atoms with Crippen molar-refractivity contribution >= 4 is 60.5 Å². The zero-order valence-electron chi connectivity index (χ0n) is 39.1. The van der Waals surface area contributed by atoms with Gasteiger partial charge in [-0.2, -0.15) is 0 Å². The third-order valence-corrected chi connectivity index (χ3v) is 15.3. The molecule has 0 fully saturated rings. The van der Waals surface area contributed by atoms with E-state index in [9.17, 15) is 0 Å². The molecule has 0 radical (unpaired) electrons. The van der Waals surface area contributed by atoms with E-state index in [1.54, 1.807) is 0 Å². The highest BCUT2D eigenvalue weighted by Crippen LogP contribution is 2.64. The molecule has 0 unspecified atom stereocenters. The maximum absolute atomic E-state index is 7.23. The van der Waals surface area contributed by atoms with E-state index in [2.05, 4.69) is 254 Å². The van der Waals surface area contributed by atoms with Gasteiger partial charge in [0.2, 0.25) is 0 Å². The molecule has 0 amide bonds. The van der Waals surface area contributed by atoms with Crippen molar-refractivity contribution in [3.8, 4) is 56.0 Å². The van der Waals surface area contributed by atoms with Crippen molar-refractivity contribution in [2.24, 2.45) is 0 Å². The van der Waals surface area contributed by atoms with E-state index < -0.39 is 5.41 Å². The van der Waals surface area contributed by atoms with Crippen molar-refractivity contribution in [1.29, 1.82) is 0 Å². The van der Waals surface area contributed by atoms with Gasteiger partial charge in [-0.15, -0.1) is 0 Å². The molecule has 0 bridgehead atoms. The molecule has 1 spiro atoms. The van der Waals surface area contributed by atoms with Crippen molar-refractivity contribution in [3.05, 3.63) is 283 Å². The van der Waals surface area contributed by atoms with E-state index in [1.165, 1.54) is 22.3 Å². The van der Waals surface area contributed by atoms with Gasteiger partial charge in [0.25, 0.3) is 0 Å². The standard InChI is InChI=1S/C69H43NO2/c1-2-14-46(15-3-1)53-18-9-12-24-64(53)70(51-34-26-44(27-35-51)49-33-41-66-59(42-49)58-22-10-13-25-65(58)71-66)52-36-28-45(29-37-52)50-30-38-57-56-21-8-11-23-60(56)69(63(57)43-50)61-39-31-47-16-4-6-19-54(47)67(61)72-68-55-20-7-5-17-48(55)32-40-62(68)69/h1-43H. The minimum absolute atomic E-state index is 0.624. The van der Waals surface area contributed by atoms with Gasteiger partial charge in [0, 0.05) is 49.6 Å². The largest absolute Gasteiger partial charge is 0.456 e. The average Bonchev–Trinajstić information content (AvgIpc) is 3.97. The maximum Gasteiger partial charge on any atom is 0.140 e. The van der Waals surface area contributed by atoms with Gasteiger partial charge in [0.1, 0.15) is 22.7 Å². The summed E-state index contributed by atoms with van der Waals surface area (Å²) >= 11 is 0. The van der Waals surface area contributed by atoms with Gasteiger partial charge in [0.05, 0.1) is 11.1 Å².